The fourth-order valence-electron chi connectivity index (χ4n) is 2.91. The zero-order valence-corrected chi connectivity index (χ0v) is 15.0. The Morgan fingerprint density at radius 1 is 1.17 bits per heavy atom. The number of hydrogen-bond donors (Lipinski definition) is 1. The maximum atomic E-state index is 11.8. The van der Waals surface area contributed by atoms with Crippen molar-refractivity contribution >= 4 is 40.1 Å². The number of aryl methyl sites for hydroxylation is 1. The van der Waals surface area contributed by atoms with Gasteiger partial charge in [-0.25, -0.2) is 4.79 Å². The summed E-state index contributed by atoms with van der Waals surface area (Å²) in [4.78, 5) is 15.3. The Kier molecular flexibility index (Phi) is 4.83. The molecule has 3 rings (SSSR count). The van der Waals surface area contributed by atoms with Crippen LogP contribution in [0.5, 0.6) is 0 Å². The van der Waals surface area contributed by atoms with Gasteiger partial charge in [-0.1, -0.05) is 36.2 Å². The van der Waals surface area contributed by atoms with Gasteiger partial charge in [0.25, 0.3) is 0 Å². The summed E-state index contributed by atoms with van der Waals surface area (Å²) in [7, 11) is 1.38. The fourth-order valence-corrected chi connectivity index (χ4v) is 3.38. The van der Waals surface area contributed by atoms with E-state index in [0.717, 1.165) is 34.1 Å². The predicted molar refractivity (Wildman–Crippen MR) is 98.3 cm³/mol. The number of methoxy groups -OCH3 is 1. The van der Waals surface area contributed by atoms with Crippen molar-refractivity contribution in [3.63, 3.8) is 0 Å². The molecule has 3 nitrogen and oxygen atoms in total. The van der Waals surface area contributed by atoms with E-state index in [9.17, 15) is 4.79 Å². The number of nitrogens with one attached hydrogen (secondary N) is 1. The Balaban J connectivity index is 2.12. The van der Waals surface area contributed by atoms with Crippen molar-refractivity contribution in [2.24, 2.45) is 0 Å². The number of fused-ring (bicyclic) bond motifs is 1. The van der Waals surface area contributed by atoms with E-state index in [1.54, 1.807) is 12.1 Å². The van der Waals surface area contributed by atoms with Gasteiger partial charge in [-0.15, -0.1) is 0 Å². The van der Waals surface area contributed by atoms with Crippen LogP contribution < -0.4 is 0 Å². The van der Waals surface area contributed by atoms with Crippen LogP contribution in [-0.2, 0) is 17.6 Å². The van der Waals surface area contributed by atoms with Gasteiger partial charge in [0.2, 0.25) is 0 Å². The Hall–Kier alpha value is -1.97. The van der Waals surface area contributed by atoms with Gasteiger partial charge in [0.1, 0.15) is 0 Å². The molecule has 0 bridgehead atoms. The first kappa shape index (κ1) is 16.9. The third-order valence-electron chi connectivity index (χ3n) is 4.15. The summed E-state index contributed by atoms with van der Waals surface area (Å²) in [6, 6.07) is 11.1. The monoisotopic (exact) mass is 361 g/mol. The summed E-state index contributed by atoms with van der Waals surface area (Å²) in [6.45, 7) is 2.10. The van der Waals surface area contributed by atoms with Crippen LogP contribution in [0, 0.1) is 0 Å². The molecule has 1 N–H and O–H groups in total. The number of carbonyl (C=O) groups is 1. The maximum absolute atomic E-state index is 11.8. The third kappa shape index (κ3) is 3.14. The van der Waals surface area contributed by atoms with Crippen molar-refractivity contribution in [3.8, 4) is 0 Å². The van der Waals surface area contributed by atoms with Crippen LogP contribution >= 0.6 is 23.2 Å². The second kappa shape index (κ2) is 6.88. The summed E-state index contributed by atoms with van der Waals surface area (Å²) in [5, 5.41) is 2.27. The van der Waals surface area contributed by atoms with E-state index >= 15 is 0 Å². The second-order valence-corrected chi connectivity index (χ2v) is 6.44. The molecule has 1 heterocycles. The highest BCUT2D eigenvalue weighted by atomic mass is 35.5. The highest BCUT2D eigenvalue weighted by Gasteiger charge is 2.15. The van der Waals surface area contributed by atoms with E-state index < -0.39 is 0 Å². The first-order valence-electron chi connectivity index (χ1n) is 7.69. The molecule has 0 aliphatic rings. The van der Waals surface area contributed by atoms with Gasteiger partial charge in [-0.05, 0) is 47.9 Å². The molecule has 0 saturated heterocycles. The molecule has 24 heavy (non-hydrogen) atoms. The number of esters is 1. The number of hydrogen-bond acceptors (Lipinski definition) is 2. The zero-order chi connectivity index (χ0) is 17.3. The molecular weight excluding hydrogens is 345 g/mol. The minimum Gasteiger partial charge on any atom is -0.465 e. The number of rotatable bonds is 4. The van der Waals surface area contributed by atoms with E-state index in [0.29, 0.717) is 22.0 Å². The highest BCUT2D eigenvalue weighted by molar-refractivity contribution is 6.35. The van der Waals surface area contributed by atoms with Gasteiger partial charge < -0.3 is 9.72 Å². The van der Waals surface area contributed by atoms with Crippen molar-refractivity contribution in [3.05, 3.63) is 68.8 Å². The Labute approximate surface area is 150 Å². The lowest BCUT2D eigenvalue weighted by Crippen LogP contribution is -2.00. The van der Waals surface area contributed by atoms with Crippen LogP contribution in [0.25, 0.3) is 10.9 Å². The van der Waals surface area contributed by atoms with E-state index in [-0.39, 0.29) is 5.97 Å². The van der Waals surface area contributed by atoms with E-state index in [1.165, 1.54) is 7.11 Å². The fraction of sp³-hybridized carbons (Fsp3) is 0.211. The molecule has 0 aliphatic carbocycles. The lowest BCUT2D eigenvalue weighted by atomic mass is 9.99. The lowest BCUT2D eigenvalue weighted by molar-refractivity contribution is 0.0601. The molecule has 0 spiro atoms. The van der Waals surface area contributed by atoms with E-state index in [2.05, 4.69) is 11.9 Å². The Morgan fingerprint density at radius 3 is 2.62 bits per heavy atom. The molecule has 0 saturated carbocycles. The summed E-state index contributed by atoms with van der Waals surface area (Å²) in [5.74, 6) is -0.341. The van der Waals surface area contributed by atoms with Crippen molar-refractivity contribution in [2.75, 3.05) is 7.11 Å². The average Bonchev–Trinajstić information content (AvgIpc) is 2.93. The largest absolute Gasteiger partial charge is 0.465 e. The average molecular weight is 362 g/mol. The normalized spacial score (nSPS) is 11.0. The molecule has 0 unspecified atom stereocenters. The molecule has 0 amide bonds. The van der Waals surface area contributed by atoms with E-state index in [4.69, 9.17) is 27.9 Å². The molecule has 3 aromatic rings. The van der Waals surface area contributed by atoms with Crippen molar-refractivity contribution in [1.82, 2.24) is 4.98 Å². The molecule has 0 atom stereocenters. The quantitative estimate of drug-likeness (QED) is 0.630. The highest BCUT2D eigenvalue weighted by Crippen LogP contribution is 2.30. The third-order valence-corrected chi connectivity index (χ3v) is 4.74. The maximum Gasteiger partial charge on any atom is 0.337 e. The minimum absolute atomic E-state index is 0.341. The number of H-pyrrole nitrogens is 1. The van der Waals surface area contributed by atoms with Gasteiger partial charge >= 0.3 is 5.97 Å². The standard InChI is InChI=1S/C19H17Cl2NO2/c1-3-17-14(8-11-4-6-13(20)10-16(11)21)15-9-12(19(23)24-2)5-7-18(15)22-17/h4-7,9-10,22H,3,8H2,1-2H3. The van der Waals surface area contributed by atoms with Crippen LogP contribution in [0.2, 0.25) is 10.0 Å². The Bertz CT molecular complexity index is 915. The first-order valence-corrected chi connectivity index (χ1v) is 8.44. The predicted octanol–water partition coefficient (Wildman–Crippen LogP) is 5.41. The molecule has 0 fully saturated rings. The molecular formula is C19H17Cl2NO2. The number of aromatic nitrogens is 1. The Morgan fingerprint density at radius 2 is 1.96 bits per heavy atom. The number of aromatic amines is 1. The molecule has 0 aliphatic heterocycles. The lowest BCUT2D eigenvalue weighted by Gasteiger charge is -2.07. The summed E-state index contributed by atoms with van der Waals surface area (Å²) >= 11 is 12.3. The smallest absolute Gasteiger partial charge is 0.337 e. The van der Waals surface area contributed by atoms with Crippen LogP contribution in [0.15, 0.2) is 36.4 Å². The van der Waals surface area contributed by atoms with Crippen LogP contribution in [0.1, 0.15) is 34.1 Å². The van der Waals surface area contributed by atoms with Crippen LogP contribution in [-0.4, -0.2) is 18.1 Å². The van der Waals surface area contributed by atoms with Crippen molar-refractivity contribution in [2.45, 2.75) is 19.8 Å². The summed E-state index contributed by atoms with van der Waals surface area (Å²) < 4.78 is 4.82. The SMILES string of the molecule is CCc1[nH]c2ccc(C(=O)OC)cc2c1Cc1ccc(Cl)cc1Cl. The van der Waals surface area contributed by atoms with Crippen molar-refractivity contribution in [1.29, 1.82) is 0 Å². The molecule has 0 radical (unpaired) electrons. The zero-order valence-electron chi connectivity index (χ0n) is 13.5. The van der Waals surface area contributed by atoms with Crippen LogP contribution in [0.4, 0.5) is 0 Å². The van der Waals surface area contributed by atoms with Gasteiger partial charge in [0.05, 0.1) is 12.7 Å². The number of carbonyl (C=O) groups excluding carboxylic acids is 1. The number of halogens is 2. The number of ether oxygens (including phenoxy) is 1. The molecule has 2 aromatic carbocycles. The van der Waals surface area contributed by atoms with Gasteiger partial charge in [-0.3, -0.25) is 0 Å². The van der Waals surface area contributed by atoms with Crippen molar-refractivity contribution < 1.29 is 9.53 Å². The first-order chi connectivity index (χ1) is 11.5. The summed E-state index contributed by atoms with van der Waals surface area (Å²) in [6.07, 6.45) is 1.53. The molecule has 5 heteroatoms. The summed E-state index contributed by atoms with van der Waals surface area (Å²) in [5.41, 5.74) is 4.82. The van der Waals surface area contributed by atoms with E-state index in [1.807, 2.05) is 24.3 Å². The van der Waals surface area contributed by atoms with Gasteiger partial charge in [0, 0.05) is 33.1 Å². The molecule has 124 valence electrons. The topological polar surface area (TPSA) is 42.1 Å². The minimum atomic E-state index is -0.341. The van der Waals surface area contributed by atoms with Gasteiger partial charge in [0.15, 0.2) is 0 Å². The van der Waals surface area contributed by atoms with Crippen LogP contribution in [0.3, 0.4) is 0 Å². The molecule has 1 aromatic heterocycles. The van der Waals surface area contributed by atoms with Gasteiger partial charge in [-0.2, -0.15) is 0 Å². The number of benzene rings is 2. The second-order valence-electron chi connectivity index (χ2n) is 5.60.